The van der Waals surface area contributed by atoms with Crippen molar-refractivity contribution in [3.05, 3.63) is 65.7 Å². The molecule has 0 aromatic heterocycles. The Bertz CT molecular complexity index is 812. The van der Waals surface area contributed by atoms with Gasteiger partial charge in [0.1, 0.15) is 11.9 Å². The second-order valence-electron chi connectivity index (χ2n) is 6.38. The monoisotopic (exact) mass is 443 g/mol. The first-order valence-corrected chi connectivity index (χ1v) is 9.20. The molecular weight excluding hydrogens is 419 g/mol. The first kappa shape index (κ1) is 25.9. The maximum atomic E-state index is 12.6. The molecule has 2 atom stereocenters. The van der Waals surface area contributed by atoms with Crippen LogP contribution in [0.3, 0.4) is 0 Å². The van der Waals surface area contributed by atoms with Crippen molar-refractivity contribution >= 4 is 11.9 Å². The maximum Gasteiger partial charge on any atom is 0.416 e. The molecule has 7 nitrogen and oxygen atoms in total. The molecule has 0 radical (unpaired) electrons. The fraction of sp³-hybridized carbons (Fsp3) is 0.333. The molecule has 0 aliphatic rings. The zero-order chi connectivity index (χ0) is 23.4. The SMILES string of the molecule is CNCCC(Oc1ccc(C(F)(F)F)cc1)c1ccccc1.O=C(O)CC(O)C(=O)O. The molecule has 0 spiro atoms. The van der Waals surface area contributed by atoms with Gasteiger partial charge in [-0.2, -0.15) is 13.2 Å². The Morgan fingerprint density at radius 1 is 1.03 bits per heavy atom. The molecule has 0 saturated heterocycles. The second-order valence-corrected chi connectivity index (χ2v) is 6.38. The van der Waals surface area contributed by atoms with Gasteiger partial charge in [-0.25, -0.2) is 4.79 Å². The summed E-state index contributed by atoms with van der Waals surface area (Å²) in [6, 6.07) is 14.4. The van der Waals surface area contributed by atoms with Crippen LogP contribution in [0.15, 0.2) is 54.6 Å². The van der Waals surface area contributed by atoms with E-state index in [-0.39, 0.29) is 6.10 Å². The van der Waals surface area contributed by atoms with Gasteiger partial charge in [-0.15, -0.1) is 0 Å². The number of ether oxygens (including phenoxy) is 1. The van der Waals surface area contributed by atoms with Gasteiger partial charge in [0, 0.05) is 6.42 Å². The number of rotatable bonds is 9. The first-order chi connectivity index (χ1) is 14.5. The van der Waals surface area contributed by atoms with Crippen LogP contribution in [0.5, 0.6) is 5.75 Å². The van der Waals surface area contributed by atoms with Crippen molar-refractivity contribution in [3.63, 3.8) is 0 Å². The zero-order valence-corrected chi connectivity index (χ0v) is 16.7. The van der Waals surface area contributed by atoms with E-state index in [0.29, 0.717) is 5.75 Å². The van der Waals surface area contributed by atoms with E-state index in [1.54, 1.807) is 0 Å². The summed E-state index contributed by atoms with van der Waals surface area (Å²) >= 11 is 0. The van der Waals surface area contributed by atoms with Crippen LogP contribution in [0.1, 0.15) is 30.1 Å². The molecule has 170 valence electrons. The molecule has 0 bridgehead atoms. The van der Waals surface area contributed by atoms with Gasteiger partial charge in [-0.3, -0.25) is 4.79 Å². The average molecular weight is 443 g/mol. The molecule has 0 aliphatic carbocycles. The number of aliphatic hydroxyl groups excluding tert-OH is 1. The molecule has 2 rings (SSSR count). The van der Waals surface area contributed by atoms with Gasteiger partial charge < -0.3 is 25.4 Å². The lowest BCUT2D eigenvalue weighted by atomic mass is 10.1. The summed E-state index contributed by atoms with van der Waals surface area (Å²) in [5, 5.41) is 27.2. The summed E-state index contributed by atoms with van der Waals surface area (Å²) in [5.74, 6) is -2.42. The van der Waals surface area contributed by atoms with Crippen LogP contribution in [0, 0.1) is 0 Å². The molecule has 2 unspecified atom stereocenters. The normalized spacial score (nSPS) is 12.8. The number of hydrogen-bond acceptors (Lipinski definition) is 5. The highest BCUT2D eigenvalue weighted by Crippen LogP contribution is 2.31. The molecule has 0 heterocycles. The van der Waals surface area contributed by atoms with Crippen LogP contribution in [0.4, 0.5) is 13.2 Å². The Kier molecular flexibility index (Phi) is 10.5. The topological polar surface area (TPSA) is 116 Å². The van der Waals surface area contributed by atoms with Gasteiger partial charge in [0.25, 0.3) is 0 Å². The molecule has 31 heavy (non-hydrogen) atoms. The van der Waals surface area contributed by atoms with E-state index in [4.69, 9.17) is 20.1 Å². The van der Waals surface area contributed by atoms with E-state index in [9.17, 15) is 22.8 Å². The molecule has 0 saturated carbocycles. The van der Waals surface area contributed by atoms with Crippen molar-refractivity contribution in [2.45, 2.75) is 31.2 Å². The summed E-state index contributed by atoms with van der Waals surface area (Å²) in [6.45, 7) is 0.750. The molecule has 4 N–H and O–H groups in total. The Morgan fingerprint density at radius 2 is 1.61 bits per heavy atom. The minimum absolute atomic E-state index is 0.203. The number of alkyl halides is 3. The Balaban J connectivity index is 0.000000452. The summed E-state index contributed by atoms with van der Waals surface area (Å²) in [4.78, 5) is 19.4. The zero-order valence-electron chi connectivity index (χ0n) is 16.7. The number of carboxylic acids is 2. The van der Waals surface area contributed by atoms with Crippen LogP contribution in [-0.2, 0) is 15.8 Å². The number of carbonyl (C=O) groups is 2. The highest BCUT2D eigenvalue weighted by atomic mass is 19.4. The minimum atomic E-state index is -4.33. The predicted octanol–water partition coefficient (Wildman–Crippen LogP) is 3.34. The smallest absolute Gasteiger partial charge is 0.416 e. The summed E-state index contributed by atoms with van der Waals surface area (Å²) < 4.78 is 43.6. The van der Waals surface area contributed by atoms with Crippen molar-refractivity contribution in [2.75, 3.05) is 13.6 Å². The van der Waals surface area contributed by atoms with Crippen LogP contribution in [0.25, 0.3) is 0 Å². The fourth-order valence-electron chi connectivity index (χ4n) is 2.38. The fourth-order valence-corrected chi connectivity index (χ4v) is 2.38. The van der Waals surface area contributed by atoms with Crippen molar-refractivity contribution in [3.8, 4) is 5.75 Å². The molecular formula is C21H24F3NO6. The first-order valence-electron chi connectivity index (χ1n) is 9.20. The largest absolute Gasteiger partial charge is 0.486 e. The third-order valence-corrected chi connectivity index (χ3v) is 3.94. The van der Waals surface area contributed by atoms with Gasteiger partial charge in [0.2, 0.25) is 0 Å². The van der Waals surface area contributed by atoms with E-state index >= 15 is 0 Å². The minimum Gasteiger partial charge on any atom is -0.486 e. The Hall–Kier alpha value is -3.11. The van der Waals surface area contributed by atoms with Crippen molar-refractivity contribution < 1.29 is 42.8 Å². The number of hydrogen-bond donors (Lipinski definition) is 4. The van der Waals surface area contributed by atoms with Gasteiger partial charge in [-0.05, 0) is 43.4 Å². The van der Waals surface area contributed by atoms with Crippen LogP contribution >= 0.6 is 0 Å². The number of benzene rings is 2. The van der Waals surface area contributed by atoms with Gasteiger partial charge in [0.05, 0.1) is 12.0 Å². The lowest BCUT2D eigenvalue weighted by Gasteiger charge is -2.20. The molecule has 2 aromatic rings. The van der Waals surface area contributed by atoms with Crippen molar-refractivity contribution in [2.24, 2.45) is 0 Å². The highest BCUT2D eigenvalue weighted by Gasteiger charge is 2.30. The van der Waals surface area contributed by atoms with Crippen LogP contribution < -0.4 is 10.1 Å². The molecule has 0 fully saturated rings. The second kappa shape index (κ2) is 12.6. The molecule has 0 amide bonds. The third kappa shape index (κ3) is 9.96. The Labute approximate surface area is 177 Å². The number of aliphatic hydroxyl groups is 1. The summed E-state index contributed by atoms with van der Waals surface area (Å²) in [7, 11) is 1.85. The molecule has 10 heteroatoms. The number of carboxylic acid groups (broad SMARTS) is 2. The lowest BCUT2D eigenvalue weighted by molar-refractivity contribution is -0.152. The number of aliphatic carboxylic acids is 2. The van der Waals surface area contributed by atoms with E-state index in [1.807, 2.05) is 37.4 Å². The predicted molar refractivity (Wildman–Crippen MR) is 106 cm³/mol. The quantitative estimate of drug-likeness (QED) is 0.470. The van der Waals surface area contributed by atoms with E-state index in [2.05, 4.69) is 5.32 Å². The van der Waals surface area contributed by atoms with Gasteiger partial charge in [0.15, 0.2) is 6.10 Å². The maximum absolute atomic E-state index is 12.6. The van der Waals surface area contributed by atoms with E-state index in [0.717, 1.165) is 30.7 Å². The van der Waals surface area contributed by atoms with Crippen molar-refractivity contribution in [1.82, 2.24) is 5.32 Å². The number of halogens is 3. The van der Waals surface area contributed by atoms with Crippen molar-refractivity contribution in [1.29, 1.82) is 0 Å². The standard InChI is InChI=1S/C17H18F3NO.C4H6O5/c1-21-12-11-16(13-5-3-2-4-6-13)22-15-9-7-14(8-10-15)17(18,19)20;5-2(4(8)9)1-3(6)7/h2-10,16,21H,11-12H2,1H3;2,5H,1H2,(H,6,7)(H,8,9). The third-order valence-electron chi connectivity index (χ3n) is 3.94. The summed E-state index contributed by atoms with van der Waals surface area (Å²) in [5.41, 5.74) is 0.323. The van der Waals surface area contributed by atoms with Crippen LogP contribution in [-0.4, -0.2) is 47.0 Å². The number of nitrogens with one attached hydrogen (secondary N) is 1. The summed E-state index contributed by atoms with van der Waals surface area (Å²) in [6.07, 6.45) is -6.35. The average Bonchev–Trinajstić information content (AvgIpc) is 2.71. The van der Waals surface area contributed by atoms with Crippen LogP contribution in [0.2, 0.25) is 0 Å². The van der Waals surface area contributed by atoms with Gasteiger partial charge >= 0.3 is 18.1 Å². The lowest BCUT2D eigenvalue weighted by Crippen LogP contribution is -2.22. The van der Waals surface area contributed by atoms with E-state index < -0.39 is 36.2 Å². The van der Waals surface area contributed by atoms with Gasteiger partial charge in [-0.1, -0.05) is 30.3 Å². The molecule has 2 aromatic carbocycles. The molecule has 0 aliphatic heterocycles. The van der Waals surface area contributed by atoms with E-state index in [1.165, 1.54) is 12.1 Å². The Morgan fingerprint density at radius 3 is 2.03 bits per heavy atom. The highest BCUT2D eigenvalue weighted by molar-refractivity contribution is 5.79.